The molecule has 2 aromatic rings. The predicted octanol–water partition coefficient (Wildman–Crippen LogP) is 6.54. The number of carbonyl (C=O) groups is 2. The van der Waals surface area contributed by atoms with Crippen molar-refractivity contribution in [3.8, 4) is 11.5 Å². The summed E-state index contributed by atoms with van der Waals surface area (Å²) in [4.78, 5) is 26.4. The van der Waals surface area contributed by atoms with E-state index in [0.29, 0.717) is 49.5 Å². The topological polar surface area (TPSA) is 132 Å². The molecule has 0 bridgehead atoms. The zero-order valence-corrected chi connectivity index (χ0v) is 28.0. The molecule has 0 fully saturated rings. The van der Waals surface area contributed by atoms with Crippen LogP contribution in [0.25, 0.3) is 11.5 Å². The van der Waals surface area contributed by atoms with Gasteiger partial charge in [0.05, 0.1) is 13.2 Å². The molecule has 0 spiro atoms. The van der Waals surface area contributed by atoms with Crippen molar-refractivity contribution in [1.82, 2.24) is 15.5 Å². The van der Waals surface area contributed by atoms with Crippen LogP contribution < -0.4 is 16.4 Å². The van der Waals surface area contributed by atoms with Gasteiger partial charge in [-0.1, -0.05) is 74.1 Å². The Morgan fingerprint density at radius 3 is 2.10 bits per heavy atom. The van der Waals surface area contributed by atoms with E-state index in [-0.39, 0.29) is 22.6 Å². The summed E-state index contributed by atoms with van der Waals surface area (Å²) in [5, 5.41) is 14.8. The van der Waals surface area contributed by atoms with E-state index in [1.54, 1.807) is 0 Å². The van der Waals surface area contributed by atoms with Crippen LogP contribution in [-0.2, 0) is 14.3 Å². The Bertz CT molecular complexity index is 1140. The van der Waals surface area contributed by atoms with Crippen LogP contribution in [0.15, 0.2) is 33.9 Å². The molecule has 0 saturated heterocycles. The first-order chi connectivity index (χ1) is 19.5. The van der Waals surface area contributed by atoms with Gasteiger partial charge in [-0.25, -0.2) is 0 Å². The molecule has 0 unspecified atom stereocenters. The summed E-state index contributed by atoms with van der Waals surface area (Å²) in [7, 11) is 0. The smallest absolute Gasteiger partial charge is 0.276 e. The summed E-state index contributed by atoms with van der Waals surface area (Å²) >= 11 is 1.53. The van der Waals surface area contributed by atoms with Crippen LogP contribution >= 0.6 is 11.8 Å². The number of aromatic nitrogens is 2. The van der Waals surface area contributed by atoms with E-state index in [0.717, 1.165) is 30.6 Å². The Labute approximate surface area is 256 Å². The van der Waals surface area contributed by atoms with E-state index in [9.17, 15) is 9.59 Å². The molecule has 4 N–H and O–H groups in total. The summed E-state index contributed by atoms with van der Waals surface area (Å²) in [6, 6.07) is 7.31. The minimum atomic E-state index is -0.777. The average Bonchev–Trinajstić information content (AvgIpc) is 3.35. The van der Waals surface area contributed by atoms with Gasteiger partial charge in [-0.05, 0) is 67.3 Å². The summed E-state index contributed by atoms with van der Waals surface area (Å²) in [5.41, 5.74) is 5.61. The maximum atomic E-state index is 13.2. The average molecular weight is 604 g/mol. The van der Waals surface area contributed by atoms with E-state index in [4.69, 9.17) is 14.9 Å². The van der Waals surface area contributed by atoms with Crippen LogP contribution in [-0.4, -0.2) is 54.1 Å². The first kappa shape index (κ1) is 35.8. The molecule has 1 aromatic carbocycles. The molecular weight excluding hydrogens is 550 g/mol. The molecule has 0 radical (unpaired) electrons. The van der Waals surface area contributed by atoms with Gasteiger partial charge in [-0.3, -0.25) is 9.59 Å². The minimum absolute atomic E-state index is 0.0537. The number of nitrogens with zero attached hydrogens (tertiary/aromatic N) is 2. The molecule has 10 heteroatoms. The highest BCUT2D eigenvalue weighted by Gasteiger charge is 2.39. The molecule has 1 aromatic heterocycles. The van der Waals surface area contributed by atoms with Crippen molar-refractivity contribution in [3.63, 3.8) is 0 Å². The Kier molecular flexibility index (Phi) is 13.1. The van der Waals surface area contributed by atoms with Crippen LogP contribution in [0.4, 0.5) is 5.69 Å². The monoisotopic (exact) mass is 603 g/mol. The van der Waals surface area contributed by atoms with Crippen molar-refractivity contribution < 1.29 is 18.7 Å². The maximum absolute atomic E-state index is 13.2. The lowest BCUT2D eigenvalue weighted by Gasteiger charge is -2.33. The normalized spacial score (nSPS) is 12.8. The number of nitrogens with two attached hydrogens (primary N) is 1. The molecule has 9 nitrogen and oxygen atoms in total. The van der Waals surface area contributed by atoms with E-state index >= 15 is 0 Å². The molecular formula is C32H53N5O4S. The van der Waals surface area contributed by atoms with Crippen molar-refractivity contribution >= 4 is 29.3 Å². The molecule has 0 aliphatic rings. The lowest BCUT2D eigenvalue weighted by Crippen LogP contribution is -2.44. The highest BCUT2D eigenvalue weighted by atomic mass is 32.2. The standard InChI is InChI=1S/C32H53N5O4S/c1-10-19-42-28-37-36-25(41-28)23-11-13-24(14-12-23)35-27(39)32(8,9)20-31(6,7)26(38)34-18-16-30(4,5)22-40-21-29(2,3)15-17-33/h11-14H,10,15-22,33H2,1-9H3,(H,34,38)(H,35,39). The SMILES string of the molecule is CCCSc1nnc(-c2ccc(NC(=O)C(C)(C)CC(C)(C)C(=O)NCCC(C)(C)COCC(C)(C)CCN)cc2)o1. The van der Waals surface area contributed by atoms with Gasteiger partial charge in [0.15, 0.2) is 0 Å². The zero-order valence-electron chi connectivity index (χ0n) is 27.2. The fourth-order valence-electron chi connectivity index (χ4n) is 4.73. The second kappa shape index (κ2) is 15.3. The lowest BCUT2D eigenvalue weighted by atomic mass is 9.74. The van der Waals surface area contributed by atoms with Gasteiger partial charge in [0, 0.05) is 34.4 Å². The molecule has 2 rings (SSSR count). The van der Waals surface area contributed by atoms with Crippen molar-refractivity contribution in [1.29, 1.82) is 0 Å². The van der Waals surface area contributed by atoms with E-state index in [1.807, 2.05) is 52.0 Å². The zero-order chi connectivity index (χ0) is 31.6. The van der Waals surface area contributed by atoms with E-state index in [1.165, 1.54) is 11.8 Å². The van der Waals surface area contributed by atoms with Crippen LogP contribution in [0.2, 0.25) is 0 Å². The Hall–Kier alpha value is -2.43. The fraction of sp³-hybridized carbons (Fsp3) is 0.688. The van der Waals surface area contributed by atoms with Crippen LogP contribution in [0.5, 0.6) is 0 Å². The summed E-state index contributed by atoms with van der Waals surface area (Å²) in [6.07, 6.45) is 3.12. The van der Waals surface area contributed by atoms with E-state index < -0.39 is 10.8 Å². The summed E-state index contributed by atoms with van der Waals surface area (Å²) in [5.74, 6) is 1.15. The number of rotatable bonds is 18. The van der Waals surface area contributed by atoms with Gasteiger partial charge in [0.1, 0.15) is 0 Å². The Morgan fingerprint density at radius 2 is 1.50 bits per heavy atom. The lowest BCUT2D eigenvalue weighted by molar-refractivity contribution is -0.133. The second-order valence-corrected chi connectivity index (χ2v) is 15.1. The van der Waals surface area contributed by atoms with Crippen molar-refractivity contribution in [2.75, 3.05) is 37.4 Å². The van der Waals surface area contributed by atoms with Crippen molar-refractivity contribution in [2.24, 2.45) is 27.4 Å². The summed E-state index contributed by atoms with van der Waals surface area (Å²) in [6.45, 7) is 20.7. The molecule has 0 aliphatic carbocycles. The number of benzene rings is 1. The van der Waals surface area contributed by atoms with Gasteiger partial charge >= 0.3 is 0 Å². The number of ether oxygens (including phenoxy) is 1. The van der Waals surface area contributed by atoms with Gasteiger partial charge in [0.25, 0.3) is 5.22 Å². The number of nitrogens with one attached hydrogen (secondary N) is 2. The Morgan fingerprint density at radius 1 is 0.905 bits per heavy atom. The molecule has 2 amide bonds. The van der Waals surface area contributed by atoms with E-state index in [2.05, 4.69) is 55.4 Å². The largest absolute Gasteiger partial charge is 0.411 e. The van der Waals surface area contributed by atoms with Gasteiger partial charge in [-0.15, -0.1) is 10.2 Å². The number of hydrogen-bond acceptors (Lipinski definition) is 8. The third-order valence-electron chi connectivity index (χ3n) is 7.23. The van der Waals surface area contributed by atoms with Gasteiger partial charge in [-0.2, -0.15) is 0 Å². The molecule has 1 heterocycles. The number of anilines is 1. The first-order valence-electron chi connectivity index (χ1n) is 14.9. The highest BCUT2D eigenvalue weighted by molar-refractivity contribution is 7.99. The van der Waals surface area contributed by atoms with Crippen LogP contribution in [0.3, 0.4) is 0 Å². The number of carbonyl (C=O) groups excluding carboxylic acids is 2. The third kappa shape index (κ3) is 11.7. The molecule has 0 atom stereocenters. The maximum Gasteiger partial charge on any atom is 0.276 e. The van der Waals surface area contributed by atoms with Crippen LogP contribution in [0.1, 0.15) is 88.0 Å². The Balaban J connectivity index is 1.86. The van der Waals surface area contributed by atoms with Crippen LogP contribution in [0, 0.1) is 21.7 Å². The summed E-state index contributed by atoms with van der Waals surface area (Å²) < 4.78 is 11.7. The third-order valence-corrected chi connectivity index (χ3v) is 8.26. The quantitative estimate of drug-likeness (QED) is 0.164. The molecule has 0 aliphatic heterocycles. The second-order valence-electron chi connectivity index (χ2n) is 14.1. The number of hydrogen-bond donors (Lipinski definition) is 3. The minimum Gasteiger partial charge on any atom is -0.411 e. The fourth-order valence-corrected chi connectivity index (χ4v) is 5.34. The number of thioether (sulfide) groups is 1. The van der Waals surface area contributed by atoms with Crippen molar-refractivity contribution in [2.45, 2.75) is 93.2 Å². The predicted molar refractivity (Wildman–Crippen MR) is 171 cm³/mol. The van der Waals surface area contributed by atoms with Gasteiger partial charge in [0.2, 0.25) is 17.7 Å². The van der Waals surface area contributed by atoms with Gasteiger partial charge < -0.3 is 25.5 Å². The molecule has 42 heavy (non-hydrogen) atoms. The van der Waals surface area contributed by atoms with Crippen molar-refractivity contribution in [3.05, 3.63) is 24.3 Å². The molecule has 0 saturated carbocycles. The number of amides is 2. The molecule has 236 valence electrons. The highest BCUT2D eigenvalue weighted by Crippen LogP contribution is 2.35. The first-order valence-corrected chi connectivity index (χ1v) is 15.9.